The number of ether oxygens (including phenoxy) is 1. The third-order valence-electron chi connectivity index (χ3n) is 3.82. The first-order valence-corrected chi connectivity index (χ1v) is 7.37. The second-order valence-electron chi connectivity index (χ2n) is 5.63. The number of rotatable bonds is 3. The lowest BCUT2D eigenvalue weighted by Gasteiger charge is -2.13. The van der Waals surface area contributed by atoms with Crippen molar-refractivity contribution in [1.82, 2.24) is 4.98 Å². The second kappa shape index (κ2) is 5.68. The van der Waals surface area contributed by atoms with Crippen LogP contribution in [-0.4, -0.2) is 12.1 Å². The van der Waals surface area contributed by atoms with Crippen LogP contribution in [0.15, 0.2) is 42.5 Å². The number of anilines is 2. The summed E-state index contributed by atoms with van der Waals surface area (Å²) in [5.41, 5.74) is 5.64. The van der Waals surface area contributed by atoms with Gasteiger partial charge >= 0.3 is 0 Å². The van der Waals surface area contributed by atoms with Crippen LogP contribution in [0.3, 0.4) is 0 Å². The molecule has 3 rings (SSSR count). The fourth-order valence-corrected chi connectivity index (χ4v) is 2.79. The molecule has 0 bridgehead atoms. The van der Waals surface area contributed by atoms with Crippen molar-refractivity contribution in [2.45, 2.75) is 20.8 Å². The maximum absolute atomic E-state index is 5.38. The van der Waals surface area contributed by atoms with E-state index in [0.29, 0.717) is 0 Å². The van der Waals surface area contributed by atoms with Gasteiger partial charge in [-0.15, -0.1) is 0 Å². The largest absolute Gasteiger partial charge is 0.495 e. The van der Waals surface area contributed by atoms with Gasteiger partial charge in [0, 0.05) is 5.39 Å². The first kappa shape index (κ1) is 14.4. The van der Waals surface area contributed by atoms with Crippen LogP contribution in [0.2, 0.25) is 0 Å². The van der Waals surface area contributed by atoms with E-state index in [0.717, 1.165) is 22.8 Å². The molecule has 0 aliphatic heterocycles. The van der Waals surface area contributed by atoms with E-state index in [-0.39, 0.29) is 0 Å². The molecule has 3 heteroatoms. The monoisotopic (exact) mass is 292 g/mol. The molecule has 3 nitrogen and oxygen atoms in total. The summed E-state index contributed by atoms with van der Waals surface area (Å²) < 4.78 is 5.38. The first-order chi connectivity index (χ1) is 10.6. The van der Waals surface area contributed by atoms with Gasteiger partial charge in [0.05, 0.1) is 18.3 Å². The van der Waals surface area contributed by atoms with E-state index >= 15 is 0 Å². The normalized spacial score (nSPS) is 10.7. The number of fused-ring (bicyclic) bond motifs is 1. The van der Waals surface area contributed by atoms with Gasteiger partial charge in [0.1, 0.15) is 11.6 Å². The summed E-state index contributed by atoms with van der Waals surface area (Å²) in [6, 6.07) is 14.3. The van der Waals surface area contributed by atoms with Crippen LogP contribution in [0.5, 0.6) is 5.75 Å². The van der Waals surface area contributed by atoms with Gasteiger partial charge in [0.25, 0.3) is 0 Å². The van der Waals surface area contributed by atoms with Crippen molar-refractivity contribution >= 4 is 22.4 Å². The topological polar surface area (TPSA) is 34.1 Å². The van der Waals surface area contributed by atoms with Crippen LogP contribution in [0.1, 0.15) is 16.7 Å². The third kappa shape index (κ3) is 2.62. The number of hydrogen-bond acceptors (Lipinski definition) is 3. The molecule has 0 atom stereocenters. The summed E-state index contributed by atoms with van der Waals surface area (Å²) in [6.07, 6.45) is 0. The second-order valence-corrected chi connectivity index (χ2v) is 5.63. The molecule has 1 heterocycles. The van der Waals surface area contributed by atoms with Crippen molar-refractivity contribution in [1.29, 1.82) is 0 Å². The van der Waals surface area contributed by atoms with Gasteiger partial charge in [-0.2, -0.15) is 0 Å². The van der Waals surface area contributed by atoms with Crippen LogP contribution >= 0.6 is 0 Å². The molecule has 0 amide bonds. The van der Waals surface area contributed by atoms with E-state index in [9.17, 15) is 0 Å². The predicted octanol–water partition coefficient (Wildman–Crippen LogP) is 4.91. The SMILES string of the molecule is COc1ccccc1Nc1cc(C)c2cc(C)cc(C)c2n1. The Bertz CT molecular complexity index is 840. The Morgan fingerprint density at radius 2 is 1.73 bits per heavy atom. The summed E-state index contributed by atoms with van der Waals surface area (Å²) >= 11 is 0. The fraction of sp³-hybridized carbons (Fsp3) is 0.211. The molecule has 0 spiro atoms. The lowest BCUT2D eigenvalue weighted by molar-refractivity contribution is 0.417. The van der Waals surface area contributed by atoms with Gasteiger partial charge in [-0.25, -0.2) is 4.98 Å². The first-order valence-electron chi connectivity index (χ1n) is 7.37. The van der Waals surface area contributed by atoms with Gasteiger partial charge in [-0.1, -0.05) is 23.8 Å². The molecule has 1 N–H and O–H groups in total. The summed E-state index contributed by atoms with van der Waals surface area (Å²) in [6.45, 7) is 6.35. The lowest BCUT2D eigenvalue weighted by atomic mass is 10.0. The van der Waals surface area contributed by atoms with Gasteiger partial charge in [0.2, 0.25) is 0 Å². The lowest BCUT2D eigenvalue weighted by Crippen LogP contribution is -1.98. The quantitative estimate of drug-likeness (QED) is 0.744. The molecule has 0 radical (unpaired) electrons. The predicted molar refractivity (Wildman–Crippen MR) is 92.2 cm³/mol. The van der Waals surface area contributed by atoms with Gasteiger partial charge in [-0.05, 0) is 56.2 Å². The van der Waals surface area contributed by atoms with Gasteiger partial charge in [0.15, 0.2) is 0 Å². The molecule has 0 saturated heterocycles. The van der Waals surface area contributed by atoms with Crippen LogP contribution in [0, 0.1) is 20.8 Å². The van der Waals surface area contributed by atoms with E-state index in [2.05, 4.69) is 44.3 Å². The Morgan fingerprint density at radius 1 is 0.955 bits per heavy atom. The Balaban J connectivity index is 2.09. The summed E-state index contributed by atoms with van der Waals surface area (Å²) in [5.74, 6) is 1.64. The third-order valence-corrected chi connectivity index (χ3v) is 3.82. The molecular weight excluding hydrogens is 272 g/mol. The number of hydrogen-bond donors (Lipinski definition) is 1. The molecule has 22 heavy (non-hydrogen) atoms. The number of aryl methyl sites for hydroxylation is 3. The van der Waals surface area contributed by atoms with Crippen molar-refractivity contribution in [3.63, 3.8) is 0 Å². The van der Waals surface area contributed by atoms with E-state index in [1.807, 2.05) is 24.3 Å². The zero-order valence-corrected chi connectivity index (χ0v) is 13.4. The molecular formula is C19H20N2O. The number of methoxy groups -OCH3 is 1. The molecule has 0 aliphatic rings. The van der Waals surface area contributed by atoms with Gasteiger partial charge in [-0.3, -0.25) is 0 Å². The van der Waals surface area contributed by atoms with Crippen molar-refractivity contribution in [3.8, 4) is 5.75 Å². The molecule has 2 aromatic carbocycles. The minimum atomic E-state index is 0.808. The van der Waals surface area contributed by atoms with Crippen molar-refractivity contribution < 1.29 is 4.74 Å². The van der Waals surface area contributed by atoms with Crippen molar-refractivity contribution in [3.05, 3.63) is 59.2 Å². The highest BCUT2D eigenvalue weighted by molar-refractivity contribution is 5.87. The average Bonchev–Trinajstić information content (AvgIpc) is 2.49. The van der Waals surface area contributed by atoms with E-state index < -0.39 is 0 Å². The Hall–Kier alpha value is -2.55. The van der Waals surface area contributed by atoms with Crippen LogP contribution in [-0.2, 0) is 0 Å². The standard InChI is InChI=1S/C19H20N2O/c1-12-9-14(3)19-15(10-12)13(2)11-18(21-19)20-16-7-5-6-8-17(16)22-4/h5-11H,1-4H3,(H,20,21). The molecule has 3 aromatic rings. The van der Waals surface area contributed by atoms with E-state index in [4.69, 9.17) is 9.72 Å². The number of pyridine rings is 1. The molecule has 0 fully saturated rings. The smallest absolute Gasteiger partial charge is 0.142 e. The zero-order valence-electron chi connectivity index (χ0n) is 13.4. The zero-order chi connectivity index (χ0) is 15.7. The van der Waals surface area contributed by atoms with Crippen LogP contribution < -0.4 is 10.1 Å². The fourth-order valence-electron chi connectivity index (χ4n) is 2.79. The molecule has 0 unspecified atom stereocenters. The highest BCUT2D eigenvalue weighted by Gasteiger charge is 2.08. The number of nitrogens with zero attached hydrogens (tertiary/aromatic N) is 1. The Kier molecular flexibility index (Phi) is 3.72. The summed E-state index contributed by atoms with van der Waals surface area (Å²) in [7, 11) is 1.67. The minimum absolute atomic E-state index is 0.808. The molecule has 112 valence electrons. The average molecular weight is 292 g/mol. The highest BCUT2D eigenvalue weighted by atomic mass is 16.5. The van der Waals surface area contributed by atoms with E-state index in [1.165, 1.54) is 22.1 Å². The number of para-hydroxylation sites is 2. The van der Waals surface area contributed by atoms with Crippen LogP contribution in [0.25, 0.3) is 10.9 Å². The minimum Gasteiger partial charge on any atom is -0.495 e. The molecule has 0 saturated carbocycles. The van der Waals surface area contributed by atoms with Gasteiger partial charge < -0.3 is 10.1 Å². The highest BCUT2D eigenvalue weighted by Crippen LogP contribution is 2.29. The van der Waals surface area contributed by atoms with Crippen molar-refractivity contribution in [2.75, 3.05) is 12.4 Å². The Labute approximate surface area is 131 Å². The van der Waals surface area contributed by atoms with Crippen LogP contribution in [0.4, 0.5) is 11.5 Å². The number of aromatic nitrogens is 1. The Morgan fingerprint density at radius 3 is 2.50 bits per heavy atom. The maximum atomic E-state index is 5.38. The summed E-state index contributed by atoms with van der Waals surface area (Å²) in [5, 5.41) is 4.57. The molecule has 1 aromatic heterocycles. The summed E-state index contributed by atoms with van der Waals surface area (Å²) in [4.78, 5) is 4.78. The van der Waals surface area contributed by atoms with Crippen molar-refractivity contribution in [2.24, 2.45) is 0 Å². The molecule has 0 aliphatic carbocycles. The maximum Gasteiger partial charge on any atom is 0.142 e. The number of nitrogens with one attached hydrogen (secondary N) is 1. The number of benzene rings is 2. The van der Waals surface area contributed by atoms with E-state index in [1.54, 1.807) is 7.11 Å².